The predicted octanol–water partition coefficient (Wildman–Crippen LogP) is 5.12. The molecule has 0 bridgehead atoms. The molecule has 0 fully saturated rings. The van der Waals surface area contributed by atoms with Crippen LogP contribution < -0.4 is 9.64 Å². The van der Waals surface area contributed by atoms with Crippen LogP contribution in [0.3, 0.4) is 0 Å². The van der Waals surface area contributed by atoms with E-state index in [0.717, 1.165) is 11.1 Å². The smallest absolute Gasteiger partial charge is 0.259 e. The summed E-state index contributed by atoms with van der Waals surface area (Å²) in [5, 5.41) is 9.03. The van der Waals surface area contributed by atoms with Crippen LogP contribution in [-0.4, -0.2) is 49.8 Å². The Labute approximate surface area is 251 Å². The lowest BCUT2D eigenvalue weighted by Gasteiger charge is -2.41. The van der Waals surface area contributed by atoms with E-state index in [1.807, 2.05) is 54.6 Å². The first kappa shape index (κ1) is 28.6. The van der Waals surface area contributed by atoms with Crippen LogP contribution in [0.25, 0.3) is 0 Å². The number of benzene rings is 4. The molecule has 6 rings (SSSR count). The average Bonchev–Trinajstić information content (AvgIpc) is 3.45. The number of sulfone groups is 1. The minimum atomic E-state index is -3.71. The van der Waals surface area contributed by atoms with Gasteiger partial charge in [0.05, 0.1) is 29.5 Å². The Morgan fingerprint density at radius 1 is 0.884 bits per heavy atom. The lowest BCUT2D eigenvalue weighted by Crippen LogP contribution is -2.54. The number of aliphatic hydroxyl groups excluding tert-OH is 1. The molecule has 1 N–H and O–H groups in total. The number of para-hydroxylation sites is 1. The molecule has 4 aromatic carbocycles. The molecule has 2 atom stereocenters. The van der Waals surface area contributed by atoms with Crippen LogP contribution in [-0.2, 0) is 25.9 Å². The number of hydrogen-bond donors (Lipinski definition) is 1. The number of fused-ring (bicyclic) bond motifs is 3. The van der Waals surface area contributed by atoms with Crippen LogP contribution in [0.5, 0.6) is 5.75 Å². The highest BCUT2D eigenvalue weighted by molar-refractivity contribution is 7.91. The second kappa shape index (κ2) is 12.0. The molecule has 8 nitrogen and oxygen atoms in total. The van der Waals surface area contributed by atoms with E-state index >= 15 is 0 Å². The highest BCUT2D eigenvalue weighted by atomic mass is 32.2. The molecule has 4 aromatic rings. The fourth-order valence-electron chi connectivity index (χ4n) is 5.59. The third kappa shape index (κ3) is 5.66. The monoisotopic (exact) mass is 596 g/mol. The molecule has 0 radical (unpaired) electrons. The van der Waals surface area contributed by atoms with Gasteiger partial charge in [0.15, 0.2) is 21.5 Å². The number of amides is 1. The number of carbonyl (C=O) groups is 1. The lowest BCUT2D eigenvalue weighted by molar-refractivity contribution is -0.127. The molecule has 0 saturated carbocycles. The summed E-state index contributed by atoms with van der Waals surface area (Å²) in [6.45, 7) is 0.737. The topological polar surface area (TPSA) is 106 Å². The van der Waals surface area contributed by atoms with Gasteiger partial charge in [-0.05, 0) is 48.0 Å². The van der Waals surface area contributed by atoms with Gasteiger partial charge >= 0.3 is 0 Å². The van der Waals surface area contributed by atoms with E-state index in [2.05, 4.69) is 0 Å². The quantitative estimate of drug-likeness (QED) is 0.241. The van der Waals surface area contributed by atoms with Crippen LogP contribution in [0.4, 0.5) is 5.69 Å². The van der Waals surface area contributed by atoms with E-state index in [4.69, 9.17) is 19.6 Å². The highest BCUT2D eigenvalue weighted by Crippen LogP contribution is 2.50. The van der Waals surface area contributed by atoms with Crippen molar-refractivity contribution >= 4 is 27.3 Å². The van der Waals surface area contributed by atoms with Gasteiger partial charge in [-0.25, -0.2) is 13.4 Å². The van der Waals surface area contributed by atoms with Crippen LogP contribution in [0.15, 0.2) is 119 Å². The molecule has 2 aliphatic heterocycles. The summed E-state index contributed by atoms with van der Waals surface area (Å²) in [6, 6.07) is 32.7. The van der Waals surface area contributed by atoms with Crippen LogP contribution in [0, 0.1) is 0 Å². The lowest BCUT2D eigenvalue weighted by atomic mass is 9.80. The summed E-state index contributed by atoms with van der Waals surface area (Å²) >= 11 is 0. The van der Waals surface area contributed by atoms with Crippen molar-refractivity contribution in [2.45, 2.75) is 35.9 Å². The van der Waals surface area contributed by atoms with Crippen molar-refractivity contribution in [3.63, 3.8) is 0 Å². The minimum absolute atomic E-state index is 0.0446. The average molecular weight is 597 g/mol. The van der Waals surface area contributed by atoms with Crippen molar-refractivity contribution in [2.24, 2.45) is 4.99 Å². The van der Waals surface area contributed by atoms with Crippen LogP contribution in [0.2, 0.25) is 0 Å². The molecule has 0 spiro atoms. The Morgan fingerprint density at radius 2 is 1.56 bits per heavy atom. The van der Waals surface area contributed by atoms with Crippen molar-refractivity contribution in [3.05, 3.63) is 126 Å². The highest BCUT2D eigenvalue weighted by Gasteiger charge is 2.58. The Bertz CT molecular complexity index is 1730. The van der Waals surface area contributed by atoms with Gasteiger partial charge in [0.2, 0.25) is 5.90 Å². The Kier molecular flexibility index (Phi) is 8.01. The van der Waals surface area contributed by atoms with Crippen molar-refractivity contribution < 1.29 is 27.8 Å². The van der Waals surface area contributed by atoms with E-state index in [1.165, 1.54) is 0 Å². The van der Waals surface area contributed by atoms with Crippen molar-refractivity contribution in [3.8, 4) is 5.75 Å². The molecular weight excluding hydrogens is 564 g/mol. The van der Waals surface area contributed by atoms with Gasteiger partial charge in [-0.15, -0.1) is 0 Å². The fraction of sp³-hybridized carbons (Fsp3) is 0.235. The largest absolute Gasteiger partial charge is 0.494 e. The zero-order valence-electron chi connectivity index (χ0n) is 23.5. The van der Waals surface area contributed by atoms with Crippen LogP contribution >= 0.6 is 0 Å². The molecule has 0 aliphatic carbocycles. The molecule has 0 unspecified atom stereocenters. The second-order valence-electron chi connectivity index (χ2n) is 10.6. The molecule has 9 heteroatoms. The molecule has 1 amide bonds. The summed E-state index contributed by atoms with van der Waals surface area (Å²) in [7, 11) is -3.71. The Hall–Kier alpha value is -4.47. The third-order valence-corrected chi connectivity index (χ3v) is 9.53. The second-order valence-corrected chi connectivity index (χ2v) is 12.7. The summed E-state index contributed by atoms with van der Waals surface area (Å²) in [4.78, 5) is 21.5. The molecule has 220 valence electrons. The molecular formula is C34H32N2O6S. The number of anilines is 1. The van der Waals surface area contributed by atoms with Gasteiger partial charge in [-0.1, -0.05) is 66.7 Å². The summed E-state index contributed by atoms with van der Waals surface area (Å²) in [5.74, 6) is 0.321. The maximum Gasteiger partial charge on any atom is 0.259 e. The molecule has 2 heterocycles. The number of carbonyl (C=O) groups excluding carboxylic acids is 1. The Morgan fingerprint density at radius 3 is 2.28 bits per heavy atom. The number of nitrogens with zero attached hydrogens (tertiary/aromatic N) is 2. The minimum Gasteiger partial charge on any atom is -0.494 e. The number of aliphatic imine (C=N–C) groups is 1. The normalized spacial score (nSPS) is 19.3. The van der Waals surface area contributed by atoms with Crippen molar-refractivity contribution in [1.29, 1.82) is 0 Å². The number of rotatable bonds is 11. The molecule has 0 saturated heterocycles. The van der Waals surface area contributed by atoms with Crippen molar-refractivity contribution in [2.75, 3.05) is 23.9 Å². The van der Waals surface area contributed by atoms with Gasteiger partial charge in [-0.2, -0.15) is 0 Å². The zero-order chi connectivity index (χ0) is 29.9. The third-order valence-electron chi connectivity index (χ3n) is 7.80. The predicted molar refractivity (Wildman–Crippen MR) is 164 cm³/mol. The van der Waals surface area contributed by atoms with Gasteiger partial charge in [0.1, 0.15) is 5.75 Å². The maximum absolute atomic E-state index is 14.6. The van der Waals surface area contributed by atoms with Gasteiger partial charge < -0.3 is 19.5 Å². The number of ether oxygens (including phenoxy) is 2. The van der Waals surface area contributed by atoms with E-state index in [1.54, 1.807) is 59.5 Å². The Balaban J connectivity index is 1.41. The van der Waals surface area contributed by atoms with E-state index in [0.29, 0.717) is 36.6 Å². The molecule has 2 aliphatic rings. The first-order chi connectivity index (χ1) is 20.9. The summed E-state index contributed by atoms with van der Waals surface area (Å²) < 4.78 is 39.0. The van der Waals surface area contributed by atoms with E-state index in [9.17, 15) is 13.2 Å². The summed E-state index contributed by atoms with van der Waals surface area (Å²) in [5.41, 5.74) is 1.59. The summed E-state index contributed by atoms with van der Waals surface area (Å²) in [6.07, 6.45) is -0.335. The van der Waals surface area contributed by atoms with Crippen LogP contribution in [0.1, 0.15) is 35.6 Å². The van der Waals surface area contributed by atoms with Gasteiger partial charge in [-0.3, -0.25) is 4.79 Å². The molecule has 0 aromatic heterocycles. The standard InChI is InChI=1S/C34H32N2O6S/c37-21-9-22-41-27-18-16-26(17-19-27)32-35-34(20-23-43(39,40)28-12-5-2-6-13-28)31(42-32)29-14-7-8-15-30(29)36(33(34)38)24-25-10-3-1-4-11-25/h1-8,10-19,31,37H,9,20-24H2/t31-,34-/m0/s1. The van der Waals surface area contributed by atoms with Crippen molar-refractivity contribution in [1.82, 2.24) is 0 Å². The first-order valence-electron chi connectivity index (χ1n) is 14.2. The maximum atomic E-state index is 14.6. The zero-order valence-corrected chi connectivity index (χ0v) is 24.3. The SMILES string of the molecule is O=C1N(Cc2ccccc2)c2ccccc2[C@@H]2OC(c3ccc(OCCCO)cc3)=N[C@]12CCS(=O)(=O)c1ccccc1. The molecule has 43 heavy (non-hydrogen) atoms. The van der Waals surface area contributed by atoms with E-state index in [-0.39, 0.29) is 35.5 Å². The number of aliphatic hydroxyl groups is 1. The van der Waals surface area contributed by atoms with E-state index < -0.39 is 21.5 Å². The number of hydrogen-bond acceptors (Lipinski definition) is 7. The van der Waals surface area contributed by atoms with Gasteiger partial charge in [0, 0.05) is 30.6 Å². The van der Waals surface area contributed by atoms with Gasteiger partial charge in [0.25, 0.3) is 5.91 Å². The first-order valence-corrected chi connectivity index (χ1v) is 15.9. The fourth-order valence-corrected chi connectivity index (χ4v) is 6.98.